The van der Waals surface area contributed by atoms with Crippen molar-refractivity contribution in [1.29, 1.82) is 0 Å². The van der Waals surface area contributed by atoms with Crippen LogP contribution >= 0.6 is 0 Å². The lowest BCUT2D eigenvalue weighted by Crippen LogP contribution is -2.60. The molecule has 6 rings (SSSR count). The molecule has 1 saturated heterocycles. The van der Waals surface area contributed by atoms with E-state index in [0.29, 0.717) is 17.7 Å². The molecule has 0 radical (unpaired) electrons. The van der Waals surface area contributed by atoms with Crippen LogP contribution in [0.2, 0.25) is 0 Å². The van der Waals surface area contributed by atoms with Crippen LogP contribution in [0.5, 0.6) is 5.88 Å². The third kappa shape index (κ3) is 6.19. The summed E-state index contributed by atoms with van der Waals surface area (Å²) >= 11 is 0. The Kier molecular flexibility index (Phi) is 7.94. The minimum atomic E-state index is -4.10. The molecule has 1 amide bonds. The van der Waals surface area contributed by atoms with E-state index in [4.69, 9.17) is 4.74 Å². The summed E-state index contributed by atoms with van der Waals surface area (Å²) in [4.78, 5) is 25.6. The van der Waals surface area contributed by atoms with Crippen molar-refractivity contribution in [2.45, 2.75) is 83.7 Å². The van der Waals surface area contributed by atoms with Gasteiger partial charge in [-0.3, -0.25) is 4.79 Å². The molecule has 10 heteroatoms. The van der Waals surface area contributed by atoms with Gasteiger partial charge in [0.15, 0.2) is 0 Å². The van der Waals surface area contributed by atoms with E-state index in [1.807, 2.05) is 36.9 Å². The number of hydrogen-bond acceptors (Lipinski definition) is 7. The Bertz CT molecular complexity index is 1650. The van der Waals surface area contributed by atoms with Gasteiger partial charge in [-0.15, -0.1) is 0 Å². The maximum atomic E-state index is 14.4. The van der Waals surface area contributed by atoms with Crippen LogP contribution in [0.3, 0.4) is 0 Å². The number of benzene rings is 2. The van der Waals surface area contributed by atoms with Gasteiger partial charge in [0.2, 0.25) is 11.8 Å². The Hall–Kier alpha value is -3.50. The molecule has 1 saturated carbocycles. The maximum Gasteiger partial charge on any atom is 0.264 e. The first kappa shape index (κ1) is 30.5. The molecule has 1 spiro atoms. The highest BCUT2D eigenvalue weighted by Gasteiger charge is 2.50. The van der Waals surface area contributed by atoms with Crippen LogP contribution in [0, 0.1) is 24.7 Å². The highest BCUT2D eigenvalue weighted by atomic mass is 32.2. The summed E-state index contributed by atoms with van der Waals surface area (Å²) in [5.41, 5.74) is 3.99. The van der Waals surface area contributed by atoms with Crippen molar-refractivity contribution in [2.75, 3.05) is 24.4 Å². The maximum absolute atomic E-state index is 14.4. The number of carbonyl (C=O) groups is 1. The van der Waals surface area contributed by atoms with Crippen molar-refractivity contribution < 1.29 is 17.9 Å². The fraction of sp³-hybridized carbons (Fsp3) is 0.500. The van der Waals surface area contributed by atoms with Crippen LogP contribution < -0.4 is 14.8 Å². The fourth-order valence-electron chi connectivity index (χ4n) is 7.27. The fourth-order valence-corrected chi connectivity index (χ4v) is 8.26. The number of aryl methyl sites for hydroxylation is 2. The second kappa shape index (κ2) is 11.5. The summed E-state index contributed by atoms with van der Waals surface area (Å²) in [5, 5.41) is 3.47. The first-order chi connectivity index (χ1) is 20.8. The lowest BCUT2D eigenvalue weighted by atomic mass is 9.60. The van der Waals surface area contributed by atoms with Gasteiger partial charge >= 0.3 is 0 Å². The molecule has 1 atom stereocenters. The number of nitrogens with one attached hydrogen (secondary N) is 2. The Morgan fingerprint density at radius 1 is 1.00 bits per heavy atom. The van der Waals surface area contributed by atoms with Crippen molar-refractivity contribution in [3.63, 3.8) is 0 Å². The number of nitrogens with zero attached hydrogens (tertiary/aromatic N) is 3. The molecule has 4 bridgehead atoms. The van der Waals surface area contributed by atoms with Crippen LogP contribution in [0.25, 0.3) is 11.3 Å². The van der Waals surface area contributed by atoms with Crippen molar-refractivity contribution in [1.82, 2.24) is 20.2 Å². The lowest BCUT2D eigenvalue weighted by molar-refractivity contribution is -0.0396. The topological polar surface area (TPSA) is 114 Å². The first-order valence-corrected chi connectivity index (χ1v) is 17.1. The van der Waals surface area contributed by atoms with Gasteiger partial charge in [0.25, 0.3) is 15.9 Å². The van der Waals surface area contributed by atoms with Gasteiger partial charge < -0.3 is 15.0 Å². The van der Waals surface area contributed by atoms with E-state index < -0.39 is 10.0 Å². The molecular formula is C34H43N5O4S. The van der Waals surface area contributed by atoms with Gasteiger partial charge in [-0.05, 0) is 99.2 Å². The Balaban J connectivity index is 1.46. The predicted molar refractivity (Wildman–Crippen MR) is 171 cm³/mol. The molecule has 3 aromatic rings. The summed E-state index contributed by atoms with van der Waals surface area (Å²) in [6.07, 6.45) is 4.80. The molecule has 1 aliphatic carbocycles. The monoisotopic (exact) mass is 617 g/mol. The summed E-state index contributed by atoms with van der Waals surface area (Å²) in [5.74, 6) is 0.0187. The molecule has 234 valence electrons. The smallest absolute Gasteiger partial charge is 0.264 e. The first-order valence-electron chi connectivity index (χ1n) is 15.6. The zero-order valence-corrected chi connectivity index (χ0v) is 27.1. The van der Waals surface area contributed by atoms with E-state index in [-0.39, 0.29) is 52.2 Å². The number of piperidine rings is 1. The van der Waals surface area contributed by atoms with Gasteiger partial charge in [0, 0.05) is 23.2 Å². The van der Waals surface area contributed by atoms with E-state index in [9.17, 15) is 13.2 Å². The van der Waals surface area contributed by atoms with Crippen LogP contribution in [-0.2, 0) is 10.0 Å². The number of aromatic nitrogens is 2. The Morgan fingerprint density at radius 3 is 2.36 bits per heavy atom. The largest absolute Gasteiger partial charge is 0.475 e. The SMILES string of the molecule is Cc1cccc(C)c1-c1cc2nc(n1)NS(=O)(=O)c1cccc(c1)C(=O)N(C1CC3(CCNCC3)C1)C(CC(C)(C)C)CO2. The van der Waals surface area contributed by atoms with E-state index in [2.05, 4.69) is 40.8 Å². The van der Waals surface area contributed by atoms with Crippen LogP contribution in [0.15, 0.2) is 53.4 Å². The van der Waals surface area contributed by atoms with E-state index in [1.165, 1.54) is 12.1 Å². The molecule has 1 unspecified atom stereocenters. The molecule has 1 aromatic heterocycles. The molecule has 2 aromatic carbocycles. The molecule has 44 heavy (non-hydrogen) atoms. The molecule has 2 aliphatic heterocycles. The summed E-state index contributed by atoms with van der Waals surface area (Å²) in [7, 11) is -4.10. The van der Waals surface area contributed by atoms with Crippen molar-refractivity contribution in [3.8, 4) is 17.1 Å². The second-order valence-corrected chi connectivity index (χ2v) is 15.8. The standard InChI is InChI=1S/C34H43N5O4S/c1-22-8-6-9-23(2)30(22)28-17-29-37-32(36-28)38-44(41,42)27-11-7-10-24(16-27)31(40)39(26(21-43-29)18-33(3,4)5)25-19-34(20-25)12-14-35-15-13-34/h6-11,16-17,25-26,35H,12-15,18-21H2,1-5H3,(H,36,37,38). The molecule has 3 heterocycles. The minimum Gasteiger partial charge on any atom is -0.475 e. The molecule has 3 aliphatic rings. The molecule has 9 nitrogen and oxygen atoms in total. The van der Waals surface area contributed by atoms with Gasteiger partial charge in [-0.25, -0.2) is 18.1 Å². The number of carbonyl (C=O) groups excluding carboxylic acids is 1. The summed E-state index contributed by atoms with van der Waals surface area (Å²) < 4.78 is 36.3. The van der Waals surface area contributed by atoms with Crippen molar-refractivity contribution in [2.24, 2.45) is 10.8 Å². The lowest BCUT2D eigenvalue weighted by Gasteiger charge is -2.55. The number of sulfonamides is 1. The molecular weight excluding hydrogens is 574 g/mol. The third-order valence-corrected chi connectivity index (χ3v) is 10.7. The van der Waals surface area contributed by atoms with Gasteiger partial charge in [-0.1, -0.05) is 45.0 Å². The average molecular weight is 618 g/mol. The van der Waals surface area contributed by atoms with Crippen molar-refractivity contribution in [3.05, 3.63) is 65.2 Å². The minimum absolute atomic E-state index is 0.0121. The number of ether oxygens (including phenoxy) is 1. The normalized spacial score (nSPS) is 21.7. The summed E-state index contributed by atoms with van der Waals surface area (Å²) in [6.45, 7) is 12.7. The number of hydrogen-bond donors (Lipinski definition) is 2. The van der Waals surface area contributed by atoms with E-state index >= 15 is 0 Å². The van der Waals surface area contributed by atoms with Crippen LogP contribution in [0.1, 0.15) is 74.4 Å². The Labute approximate surface area is 260 Å². The number of fused-ring (bicyclic) bond motifs is 4. The number of amides is 1. The third-order valence-electron chi connectivity index (χ3n) is 9.35. The highest BCUT2D eigenvalue weighted by molar-refractivity contribution is 7.92. The molecule has 2 N–H and O–H groups in total. The quantitative estimate of drug-likeness (QED) is 0.386. The molecule has 2 fully saturated rings. The van der Waals surface area contributed by atoms with Crippen LogP contribution in [-0.4, -0.2) is 61.0 Å². The number of anilines is 1. The second-order valence-electron chi connectivity index (χ2n) is 14.1. The summed E-state index contributed by atoms with van der Waals surface area (Å²) in [6, 6.07) is 13.8. The van der Waals surface area contributed by atoms with Crippen LogP contribution in [0.4, 0.5) is 5.95 Å². The van der Waals surface area contributed by atoms with Gasteiger partial charge in [-0.2, -0.15) is 4.98 Å². The zero-order chi connectivity index (χ0) is 31.3. The van der Waals surface area contributed by atoms with E-state index in [1.54, 1.807) is 18.2 Å². The zero-order valence-electron chi connectivity index (χ0n) is 26.3. The Morgan fingerprint density at radius 2 is 1.68 bits per heavy atom. The van der Waals surface area contributed by atoms with Gasteiger partial charge in [0.1, 0.15) is 6.61 Å². The highest BCUT2D eigenvalue weighted by Crippen LogP contribution is 2.51. The predicted octanol–water partition coefficient (Wildman–Crippen LogP) is 5.73. The van der Waals surface area contributed by atoms with Crippen molar-refractivity contribution >= 4 is 21.9 Å². The van der Waals surface area contributed by atoms with Gasteiger partial charge in [0.05, 0.1) is 16.6 Å². The average Bonchev–Trinajstić information content (AvgIpc) is 2.94. The van der Waals surface area contributed by atoms with E-state index in [0.717, 1.165) is 55.5 Å². The number of rotatable bonds is 3.